The third-order valence-corrected chi connectivity index (χ3v) is 5.35. The first-order chi connectivity index (χ1) is 11.5. The summed E-state index contributed by atoms with van der Waals surface area (Å²) in [4.78, 5) is 12.4. The number of rotatable bonds is 4. The fraction of sp³-hybridized carbons (Fsp3) is 0.118. The molecule has 124 valence electrons. The molecule has 0 aliphatic rings. The van der Waals surface area contributed by atoms with Crippen LogP contribution in [0, 0.1) is 0 Å². The van der Waals surface area contributed by atoms with Crippen molar-refractivity contribution in [2.24, 2.45) is 0 Å². The molecular formula is C17H16N2O4S. The highest BCUT2D eigenvalue weighted by Gasteiger charge is 2.30. The quantitative estimate of drug-likeness (QED) is 0.735. The van der Waals surface area contributed by atoms with Crippen molar-refractivity contribution >= 4 is 32.6 Å². The van der Waals surface area contributed by atoms with Crippen molar-refractivity contribution < 1.29 is 17.9 Å². The molecule has 0 aliphatic carbocycles. The molecule has 1 heterocycles. The Kier molecular flexibility index (Phi) is 4.02. The smallest absolute Gasteiger partial charge is 0.358 e. The summed E-state index contributed by atoms with van der Waals surface area (Å²) >= 11 is 0. The Morgan fingerprint density at radius 1 is 1.08 bits per heavy atom. The Balaban J connectivity index is 2.38. The number of benzene rings is 2. The lowest BCUT2D eigenvalue weighted by Gasteiger charge is -2.11. The van der Waals surface area contributed by atoms with Gasteiger partial charge in [-0.2, -0.15) is 0 Å². The molecule has 0 saturated heterocycles. The van der Waals surface area contributed by atoms with Gasteiger partial charge in [-0.05, 0) is 25.1 Å². The average molecular weight is 344 g/mol. The maximum absolute atomic E-state index is 13.1. The summed E-state index contributed by atoms with van der Waals surface area (Å²) in [5.74, 6) is -0.772. The van der Waals surface area contributed by atoms with Crippen LogP contribution in [-0.2, 0) is 14.8 Å². The summed E-state index contributed by atoms with van der Waals surface area (Å²) < 4.78 is 32.1. The number of hydrogen-bond donors (Lipinski definition) is 1. The number of anilines is 1. The number of nitrogens with two attached hydrogens (primary N) is 1. The van der Waals surface area contributed by atoms with Gasteiger partial charge in [-0.25, -0.2) is 17.2 Å². The molecule has 0 saturated carbocycles. The first-order valence-corrected chi connectivity index (χ1v) is 8.79. The van der Waals surface area contributed by atoms with Gasteiger partial charge in [-0.15, -0.1) is 0 Å². The summed E-state index contributed by atoms with van der Waals surface area (Å²) in [6.07, 6.45) is 0. The molecule has 6 nitrogen and oxygen atoms in total. The molecule has 3 aromatic rings. The second kappa shape index (κ2) is 6.01. The lowest BCUT2D eigenvalue weighted by molar-refractivity contribution is 0.0520. The zero-order valence-electron chi connectivity index (χ0n) is 13.0. The van der Waals surface area contributed by atoms with Gasteiger partial charge in [0, 0.05) is 5.39 Å². The molecule has 1 aromatic heterocycles. The topological polar surface area (TPSA) is 91.4 Å². The van der Waals surface area contributed by atoms with Crippen molar-refractivity contribution in [1.82, 2.24) is 3.97 Å². The van der Waals surface area contributed by atoms with Gasteiger partial charge in [0.05, 0.1) is 22.7 Å². The SMILES string of the molecule is CCOC(=O)c1c(N)c2ccccc2n1S(=O)(=O)c1ccccc1. The molecule has 0 atom stereocenters. The van der Waals surface area contributed by atoms with Gasteiger partial charge in [-0.1, -0.05) is 36.4 Å². The van der Waals surface area contributed by atoms with E-state index in [-0.39, 0.29) is 22.9 Å². The van der Waals surface area contributed by atoms with E-state index in [1.807, 2.05) is 0 Å². The van der Waals surface area contributed by atoms with Crippen LogP contribution in [0.25, 0.3) is 10.9 Å². The fourth-order valence-electron chi connectivity index (χ4n) is 2.58. The Morgan fingerprint density at radius 3 is 2.38 bits per heavy atom. The number of fused-ring (bicyclic) bond motifs is 1. The van der Waals surface area contributed by atoms with Crippen LogP contribution in [0.5, 0.6) is 0 Å². The van der Waals surface area contributed by atoms with Gasteiger partial charge in [0.2, 0.25) is 0 Å². The third-order valence-electron chi connectivity index (χ3n) is 3.62. The molecule has 2 N–H and O–H groups in total. The van der Waals surface area contributed by atoms with Crippen molar-refractivity contribution in [3.63, 3.8) is 0 Å². The second-order valence-corrected chi connectivity index (χ2v) is 6.87. The number of nitrogens with zero attached hydrogens (tertiary/aromatic N) is 1. The standard InChI is InChI=1S/C17H16N2O4S/c1-2-23-17(20)16-15(18)13-10-6-7-11-14(13)19(16)24(21,22)12-8-4-3-5-9-12/h3-11H,2,18H2,1H3. The predicted molar refractivity (Wildman–Crippen MR) is 91.3 cm³/mol. The van der Waals surface area contributed by atoms with E-state index in [4.69, 9.17) is 10.5 Å². The Morgan fingerprint density at radius 2 is 1.71 bits per heavy atom. The summed E-state index contributed by atoms with van der Waals surface area (Å²) in [7, 11) is -4.00. The lowest BCUT2D eigenvalue weighted by atomic mass is 10.2. The van der Waals surface area contributed by atoms with Crippen LogP contribution in [0.4, 0.5) is 5.69 Å². The van der Waals surface area contributed by atoms with E-state index in [1.165, 1.54) is 12.1 Å². The number of para-hydroxylation sites is 1. The number of esters is 1. The number of carbonyl (C=O) groups is 1. The van der Waals surface area contributed by atoms with E-state index in [9.17, 15) is 13.2 Å². The largest absolute Gasteiger partial charge is 0.461 e. The van der Waals surface area contributed by atoms with E-state index in [0.29, 0.717) is 10.9 Å². The van der Waals surface area contributed by atoms with Crippen LogP contribution < -0.4 is 5.73 Å². The molecule has 0 amide bonds. The Labute approximate surface area is 139 Å². The third kappa shape index (κ3) is 2.43. The number of nitrogen functional groups attached to an aromatic ring is 1. The van der Waals surface area contributed by atoms with E-state index >= 15 is 0 Å². The summed E-state index contributed by atoms with van der Waals surface area (Å²) in [6.45, 7) is 1.76. The molecule has 0 radical (unpaired) electrons. The zero-order chi connectivity index (χ0) is 17.3. The van der Waals surface area contributed by atoms with E-state index in [1.54, 1.807) is 49.4 Å². The Hall–Kier alpha value is -2.80. The highest BCUT2D eigenvalue weighted by molar-refractivity contribution is 7.90. The van der Waals surface area contributed by atoms with Crippen molar-refractivity contribution in [3.05, 3.63) is 60.3 Å². The van der Waals surface area contributed by atoms with Gasteiger partial charge in [-0.3, -0.25) is 0 Å². The fourth-order valence-corrected chi connectivity index (χ4v) is 4.12. The van der Waals surface area contributed by atoms with Crippen LogP contribution in [0.2, 0.25) is 0 Å². The van der Waals surface area contributed by atoms with Crippen LogP contribution in [0.15, 0.2) is 59.5 Å². The summed E-state index contributed by atoms with van der Waals surface area (Å²) in [5.41, 5.74) is 6.30. The van der Waals surface area contributed by atoms with Crippen LogP contribution in [0.1, 0.15) is 17.4 Å². The van der Waals surface area contributed by atoms with E-state index in [0.717, 1.165) is 3.97 Å². The van der Waals surface area contributed by atoms with Gasteiger partial charge >= 0.3 is 5.97 Å². The molecule has 0 spiro atoms. The molecule has 2 aromatic carbocycles. The minimum Gasteiger partial charge on any atom is -0.461 e. The number of hydrogen-bond acceptors (Lipinski definition) is 5. The molecular weight excluding hydrogens is 328 g/mol. The summed E-state index contributed by atoms with van der Waals surface area (Å²) in [5, 5.41) is 0.486. The minimum absolute atomic E-state index is 0.0660. The highest BCUT2D eigenvalue weighted by atomic mass is 32.2. The second-order valence-electron chi connectivity index (χ2n) is 5.08. The normalized spacial score (nSPS) is 11.5. The molecule has 0 fully saturated rings. The van der Waals surface area contributed by atoms with Gasteiger partial charge < -0.3 is 10.5 Å². The van der Waals surface area contributed by atoms with Gasteiger partial charge in [0.25, 0.3) is 10.0 Å². The first-order valence-electron chi connectivity index (χ1n) is 7.35. The number of aromatic nitrogens is 1. The maximum atomic E-state index is 13.1. The van der Waals surface area contributed by atoms with Crippen molar-refractivity contribution in [3.8, 4) is 0 Å². The Bertz CT molecular complexity index is 1010. The molecule has 0 unspecified atom stereocenters. The maximum Gasteiger partial charge on any atom is 0.358 e. The van der Waals surface area contributed by atoms with Crippen LogP contribution >= 0.6 is 0 Å². The zero-order valence-corrected chi connectivity index (χ0v) is 13.8. The van der Waals surface area contributed by atoms with Gasteiger partial charge in [0.1, 0.15) is 0 Å². The highest BCUT2D eigenvalue weighted by Crippen LogP contribution is 2.32. The van der Waals surface area contributed by atoms with E-state index in [2.05, 4.69) is 0 Å². The number of ether oxygens (including phenoxy) is 1. The van der Waals surface area contributed by atoms with Crippen LogP contribution in [-0.4, -0.2) is 25.0 Å². The number of carbonyl (C=O) groups excluding carboxylic acids is 1. The van der Waals surface area contributed by atoms with Crippen LogP contribution in [0.3, 0.4) is 0 Å². The summed E-state index contributed by atoms with van der Waals surface area (Å²) in [6, 6.07) is 14.6. The predicted octanol–water partition coefficient (Wildman–Crippen LogP) is 2.64. The molecule has 3 rings (SSSR count). The molecule has 7 heteroatoms. The molecule has 0 aliphatic heterocycles. The van der Waals surface area contributed by atoms with Gasteiger partial charge in [0.15, 0.2) is 5.69 Å². The average Bonchev–Trinajstić information content (AvgIpc) is 2.90. The van der Waals surface area contributed by atoms with Crippen molar-refractivity contribution in [2.45, 2.75) is 11.8 Å². The molecule has 24 heavy (non-hydrogen) atoms. The monoisotopic (exact) mass is 344 g/mol. The lowest BCUT2D eigenvalue weighted by Crippen LogP contribution is -2.20. The minimum atomic E-state index is -4.00. The van der Waals surface area contributed by atoms with Crippen molar-refractivity contribution in [1.29, 1.82) is 0 Å². The first kappa shape index (κ1) is 16.1. The van der Waals surface area contributed by atoms with E-state index < -0.39 is 16.0 Å². The van der Waals surface area contributed by atoms with Crippen molar-refractivity contribution in [2.75, 3.05) is 12.3 Å². The molecule has 0 bridgehead atoms.